The maximum atomic E-state index is 12.3. The molecule has 1 heterocycles. The Morgan fingerprint density at radius 2 is 1.61 bits per heavy atom. The first-order chi connectivity index (χ1) is 15.1. The van der Waals surface area contributed by atoms with Gasteiger partial charge >= 0.3 is 0 Å². The van der Waals surface area contributed by atoms with Gasteiger partial charge in [0, 0.05) is 0 Å². The zero-order valence-electron chi connectivity index (χ0n) is 17.3. The fraction of sp³-hybridized carbons (Fsp3) is 0.120. The van der Waals surface area contributed by atoms with E-state index < -0.39 is 0 Å². The number of thioether (sulfide) groups is 1. The van der Waals surface area contributed by atoms with Crippen molar-refractivity contribution in [2.24, 2.45) is 4.99 Å². The maximum Gasteiger partial charge on any atom is 0.264 e. The van der Waals surface area contributed by atoms with Crippen LogP contribution in [0, 0.1) is 6.92 Å². The van der Waals surface area contributed by atoms with Gasteiger partial charge in [-0.05, 0) is 72.3 Å². The quantitative estimate of drug-likeness (QED) is 0.527. The highest BCUT2D eigenvalue weighted by molar-refractivity contribution is 8.18. The summed E-state index contributed by atoms with van der Waals surface area (Å²) in [6, 6.07) is 23.3. The summed E-state index contributed by atoms with van der Waals surface area (Å²) in [6.45, 7) is 2.50. The Hall–Kier alpha value is -3.51. The molecular weight excluding hydrogens is 408 g/mol. The molecule has 4 rings (SSSR count). The minimum absolute atomic E-state index is 0.143. The van der Waals surface area contributed by atoms with E-state index in [-0.39, 0.29) is 5.91 Å². The molecule has 0 unspecified atom stereocenters. The second kappa shape index (κ2) is 9.53. The SMILES string of the molecule is COc1ccc(COc2ccc(C=C3SC(=Nc4ccc(C)cc4)NC3=O)cc2)cc1. The van der Waals surface area contributed by atoms with Crippen LogP contribution in [-0.2, 0) is 11.4 Å². The smallest absolute Gasteiger partial charge is 0.264 e. The van der Waals surface area contributed by atoms with Gasteiger partial charge in [-0.2, -0.15) is 0 Å². The molecule has 1 fully saturated rings. The van der Waals surface area contributed by atoms with Crippen LogP contribution in [0.1, 0.15) is 16.7 Å². The standard InChI is InChI=1S/C25H22N2O3S/c1-17-3-9-20(10-4-17)26-25-27-24(28)23(31-25)15-18-5-13-22(14-6-18)30-16-19-7-11-21(29-2)12-8-19/h3-15H,16H2,1-2H3,(H,26,27,28). The van der Waals surface area contributed by atoms with Crippen molar-refractivity contribution in [3.8, 4) is 11.5 Å². The largest absolute Gasteiger partial charge is 0.497 e. The van der Waals surface area contributed by atoms with Gasteiger partial charge in [0.05, 0.1) is 17.7 Å². The molecule has 0 saturated carbocycles. The van der Waals surface area contributed by atoms with Crippen molar-refractivity contribution < 1.29 is 14.3 Å². The molecule has 3 aromatic carbocycles. The zero-order valence-corrected chi connectivity index (χ0v) is 18.1. The first-order valence-corrected chi connectivity index (χ1v) is 10.6. The lowest BCUT2D eigenvalue weighted by Crippen LogP contribution is -2.19. The van der Waals surface area contributed by atoms with Gasteiger partial charge in [-0.3, -0.25) is 4.79 Å². The highest BCUT2D eigenvalue weighted by Gasteiger charge is 2.23. The topological polar surface area (TPSA) is 59.9 Å². The van der Waals surface area contributed by atoms with Crippen LogP contribution >= 0.6 is 11.8 Å². The lowest BCUT2D eigenvalue weighted by atomic mass is 10.2. The van der Waals surface area contributed by atoms with E-state index in [1.807, 2.05) is 85.8 Å². The van der Waals surface area contributed by atoms with Crippen LogP contribution in [0.25, 0.3) is 6.08 Å². The van der Waals surface area contributed by atoms with Crippen LogP contribution in [0.4, 0.5) is 5.69 Å². The Balaban J connectivity index is 1.38. The summed E-state index contributed by atoms with van der Waals surface area (Å²) in [7, 11) is 1.65. The lowest BCUT2D eigenvalue weighted by Gasteiger charge is -2.07. The molecule has 0 atom stereocenters. The van der Waals surface area contributed by atoms with E-state index in [2.05, 4.69) is 10.3 Å². The van der Waals surface area contributed by atoms with Gasteiger partial charge in [0.2, 0.25) is 0 Å². The summed E-state index contributed by atoms with van der Waals surface area (Å²) in [4.78, 5) is 17.4. The number of benzene rings is 3. The van der Waals surface area contributed by atoms with Crippen LogP contribution in [0.2, 0.25) is 0 Å². The Bertz CT molecular complexity index is 1120. The van der Waals surface area contributed by atoms with Crippen LogP contribution in [0.3, 0.4) is 0 Å². The van der Waals surface area contributed by atoms with Gasteiger partial charge in [-0.1, -0.05) is 42.0 Å². The van der Waals surface area contributed by atoms with Gasteiger partial charge < -0.3 is 14.8 Å². The lowest BCUT2D eigenvalue weighted by molar-refractivity contribution is -0.115. The highest BCUT2D eigenvalue weighted by Crippen LogP contribution is 2.28. The number of ether oxygens (including phenoxy) is 2. The molecule has 1 amide bonds. The number of nitrogens with zero attached hydrogens (tertiary/aromatic N) is 1. The maximum absolute atomic E-state index is 12.3. The summed E-state index contributed by atoms with van der Waals surface area (Å²) < 4.78 is 11.0. The van der Waals surface area contributed by atoms with Crippen molar-refractivity contribution in [1.29, 1.82) is 0 Å². The monoisotopic (exact) mass is 430 g/mol. The Kier molecular flexibility index (Phi) is 6.38. The summed E-state index contributed by atoms with van der Waals surface area (Å²) in [6.07, 6.45) is 1.85. The number of hydrogen-bond donors (Lipinski definition) is 1. The third-order valence-corrected chi connectivity index (χ3v) is 5.57. The Labute approximate surface area is 185 Å². The molecule has 0 radical (unpaired) electrons. The van der Waals surface area contributed by atoms with E-state index in [1.165, 1.54) is 17.3 Å². The van der Waals surface area contributed by atoms with Gasteiger partial charge in [-0.25, -0.2) is 4.99 Å². The van der Waals surface area contributed by atoms with Crippen LogP contribution in [0.5, 0.6) is 11.5 Å². The van der Waals surface area contributed by atoms with E-state index in [4.69, 9.17) is 9.47 Å². The number of amides is 1. The number of amidine groups is 1. The van der Waals surface area contributed by atoms with E-state index >= 15 is 0 Å². The van der Waals surface area contributed by atoms with Gasteiger partial charge in [0.1, 0.15) is 18.1 Å². The molecule has 1 aliphatic heterocycles. The van der Waals surface area contributed by atoms with Crippen molar-refractivity contribution in [1.82, 2.24) is 5.32 Å². The predicted octanol–water partition coefficient (Wildman–Crippen LogP) is 5.47. The molecule has 31 heavy (non-hydrogen) atoms. The number of aliphatic imine (C=N–C) groups is 1. The van der Waals surface area contributed by atoms with Crippen molar-refractivity contribution in [2.45, 2.75) is 13.5 Å². The number of hydrogen-bond acceptors (Lipinski definition) is 5. The molecule has 1 saturated heterocycles. The summed E-state index contributed by atoms with van der Waals surface area (Å²) >= 11 is 1.34. The number of aryl methyl sites for hydroxylation is 1. The summed E-state index contributed by atoms with van der Waals surface area (Å²) in [5.41, 5.74) is 3.97. The number of methoxy groups -OCH3 is 1. The van der Waals surface area contributed by atoms with Crippen molar-refractivity contribution in [3.63, 3.8) is 0 Å². The third-order valence-electron chi connectivity index (χ3n) is 4.66. The number of carbonyl (C=O) groups excluding carboxylic acids is 1. The minimum atomic E-state index is -0.143. The van der Waals surface area contributed by atoms with Crippen LogP contribution in [0.15, 0.2) is 82.7 Å². The fourth-order valence-electron chi connectivity index (χ4n) is 2.92. The van der Waals surface area contributed by atoms with Crippen molar-refractivity contribution in [2.75, 3.05) is 7.11 Å². The average Bonchev–Trinajstić information content (AvgIpc) is 3.13. The Morgan fingerprint density at radius 3 is 2.29 bits per heavy atom. The van der Waals surface area contributed by atoms with E-state index in [0.29, 0.717) is 16.7 Å². The number of rotatable bonds is 6. The second-order valence-electron chi connectivity index (χ2n) is 7.02. The Morgan fingerprint density at radius 1 is 0.935 bits per heavy atom. The molecule has 0 spiro atoms. The molecule has 6 heteroatoms. The normalized spacial score (nSPS) is 15.9. The second-order valence-corrected chi connectivity index (χ2v) is 8.05. The van der Waals surface area contributed by atoms with E-state index in [9.17, 15) is 4.79 Å². The fourth-order valence-corrected chi connectivity index (χ4v) is 3.76. The minimum Gasteiger partial charge on any atom is -0.497 e. The van der Waals surface area contributed by atoms with Gasteiger partial charge in [0.15, 0.2) is 5.17 Å². The van der Waals surface area contributed by atoms with Gasteiger partial charge in [0.25, 0.3) is 5.91 Å². The molecule has 0 aromatic heterocycles. The predicted molar refractivity (Wildman–Crippen MR) is 126 cm³/mol. The van der Waals surface area contributed by atoms with Crippen LogP contribution < -0.4 is 14.8 Å². The first-order valence-electron chi connectivity index (χ1n) is 9.81. The first kappa shape index (κ1) is 20.8. The van der Waals surface area contributed by atoms with Crippen LogP contribution in [-0.4, -0.2) is 18.2 Å². The average molecular weight is 431 g/mol. The van der Waals surface area contributed by atoms with E-state index in [0.717, 1.165) is 28.3 Å². The molecule has 1 aliphatic rings. The zero-order chi connectivity index (χ0) is 21.6. The molecule has 156 valence electrons. The van der Waals surface area contributed by atoms with E-state index in [1.54, 1.807) is 7.11 Å². The molecule has 0 aliphatic carbocycles. The van der Waals surface area contributed by atoms with Gasteiger partial charge in [-0.15, -0.1) is 0 Å². The third kappa shape index (κ3) is 5.55. The molecule has 0 bridgehead atoms. The number of nitrogens with one attached hydrogen (secondary N) is 1. The molecule has 5 nitrogen and oxygen atoms in total. The molecule has 1 N–H and O–H groups in total. The van der Waals surface area contributed by atoms with Crippen molar-refractivity contribution >= 4 is 34.6 Å². The summed E-state index contributed by atoms with van der Waals surface area (Å²) in [5.74, 6) is 1.45. The van der Waals surface area contributed by atoms with Crippen molar-refractivity contribution in [3.05, 3.63) is 94.4 Å². The molecular formula is C25H22N2O3S. The molecule has 3 aromatic rings. The number of carbonyl (C=O) groups is 1. The summed E-state index contributed by atoms with van der Waals surface area (Å²) in [5, 5.41) is 3.40. The highest BCUT2D eigenvalue weighted by atomic mass is 32.2.